The van der Waals surface area contributed by atoms with Crippen molar-refractivity contribution < 1.29 is 19.2 Å². The standard InChI is InChI=1S/C29H33N3O4/c1-29(2,3)28(34)36-32-18-16-31(17-19-32)25-14-12-23(13-15-25)27(33)30-24-10-7-11-26(20-24)35-21-22-8-5-4-6-9-22/h4-15,20H,16-19,21H2,1-3H3,(H,30,33). The zero-order valence-corrected chi connectivity index (χ0v) is 21.1. The van der Waals surface area contributed by atoms with Crippen molar-refractivity contribution in [3.8, 4) is 5.75 Å². The number of nitrogens with zero attached hydrogens (tertiary/aromatic N) is 2. The number of hydrogen-bond donors (Lipinski definition) is 1. The van der Waals surface area contributed by atoms with E-state index in [9.17, 15) is 9.59 Å². The molecule has 0 atom stereocenters. The highest BCUT2D eigenvalue weighted by Crippen LogP contribution is 2.22. The highest BCUT2D eigenvalue weighted by molar-refractivity contribution is 6.04. The Kier molecular flexibility index (Phi) is 7.90. The van der Waals surface area contributed by atoms with Gasteiger partial charge >= 0.3 is 5.97 Å². The number of benzene rings is 3. The van der Waals surface area contributed by atoms with E-state index in [-0.39, 0.29) is 11.9 Å². The molecule has 3 aromatic carbocycles. The molecule has 0 bridgehead atoms. The lowest BCUT2D eigenvalue weighted by atomic mass is 9.98. The second-order valence-electron chi connectivity index (χ2n) is 9.85. The van der Waals surface area contributed by atoms with Crippen LogP contribution in [0, 0.1) is 5.41 Å². The molecule has 1 aliphatic heterocycles. The highest BCUT2D eigenvalue weighted by atomic mass is 16.7. The maximum absolute atomic E-state index is 12.8. The van der Waals surface area contributed by atoms with Gasteiger partial charge < -0.3 is 19.8 Å². The van der Waals surface area contributed by atoms with Crippen molar-refractivity contribution in [1.29, 1.82) is 0 Å². The van der Waals surface area contributed by atoms with Crippen molar-refractivity contribution in [2.75, 3.05) is 36.4 Å². The van der Waals surface area contributed by atoms with E-state index in [1.54, 1.807) is 5.06 Å². The van der Waals surface area contributed by atoms with Gasteiger partial charge in [0.05, 0.1) is 18.5 Å². The van der Waals surface area contributed by atoms with Crippen molar-refractivity contribution in [1.82, 2.24) is 5.06 Å². The maximum atomic E-state index is 12.8. The second kappa shape index (κ2) is 11.3. The molecule has 1 saturated heterocycles. The number of rotatable bonds is 7. The molecule has 0 saturated carbocycles. The second-order valence-corrected chi connectivity index (χ2v) is 9.85. The van der Waals surface area contributed by atoms with E-state index in [0.717, 1.165) is 24.3 Å². The molecule has 0 aliphatic carbocycles. The molecule has 188 valence electrons. The molecule has 4 rings (SSSR count). The average molecular weight is 488 g/mol. The van der Waals surface area contributed by atoms with E-state index in [1.165, 1.54) is 0 Å². The molecule has 0 radical (unpaired) electrons. The number of carbonyl (C=O) groups is 2. The fourth-order valence-electron chi connectivity index (χ4n) is 3.72. The Bertz CT molecular complexity index is 1170. The maximum Gasteiger partial charge on any atom is 0.330 e. The van der Waals surface area contributed by atoms with Crippen molar-refractivity contribution in [2.24, 2.45) is 5.41 Å². The topological polar surface area (TPSA) is 71.1 Å². The Morgan fingerprint density at radius 2 is 1.56 bits per heavy atom. The molecule has 3 aromatic rings. The largest absolute Gasteiger partial charge is 0.489 e. The highest BCUT2D eigenvalue weighted by Gasteiger charge is 2.28. The van der Waals surface area contributed by atoms with E-state index in [4.69, 9.17) is 9.57 Å². The number of piperazine rings is 1. The van der Waals surface area contributed by atoms with Gasteiger partial charge in [-0.1, -0.05) is 36.4 Å². The number of hydroxylamine groups is 2. The minimum atomic E-state index is -0.524. The third-order valence-corrected chi connectivity index (χ3v) is 5.90. The molecule has 0 spiro atoms. The van der Waals surface area contributed by atoms with Crippen molar-refractivity contribution in [3.63, 3.8) is 0 Å². The van der Waals surface area contributed by atoms with Gasteiger partial charge in [-0.3, -0.25) is 4.79 Å². The number of anilines is 2. The lowest BCUT2D eigenvalue weighted by molar-refractivity contribution is -0.201. The molecular formula is C29H33N3O4. The molecule has 1 fully saturated rings. The van der Waals surface area contributed by atoms with Crippen LogP contribution < -0.4 is 15.0 Å². The Balaban J connectivity index is 1.28. The Labute approximate surface area is 212 Å². The van der Waals surface area contributed by atoms with Crippen LogP contribution in [0.25, 0.3) is 0 Å². The van der Waals surface area contributed by atoms with Crippen molar-refractivity contribution in [3.05, 3.63) is 90.0 Å². The fourth-order valence-corrected chi connectivity index (χ4v) is 3.72. The fraction of sp³-hybridized carbons (Fsp3) is 0.310. The quantitative estimate of drug-likeness (QED) is 0.497. The summed E-state index contributed by atoms with van der Waals surface area (Å²) < 4.78 is 5.86. The van der Waals surface area contributed by atoms with Gasteiger partial charge in [0.25, 0.3) is 5.91 Å². The van der Waals surface area contributed by atoms with Crippen LogP contribution in [0.15, 0.2) is 78.9 Å². The summed E-state index contributed by atoms with van der Waals surface area (Å²) in [4.78, 5) is 32.6. The number of ether oxygens (including phenoxy) is 1. The average Bonchev–Trinajstić information content (AvgIpc) is 2.88. The SMILES string of the molecule is CC(C)(C)C(=O)ON1CCN(c2ccc(C(=O)Nc3cccc(OCc4ccccc4)c3)cc2)CC1. The number of amides is 1. The summed E-state index contributed by atoms with van der Waals surface area (Å²) in [5.41, 5.74) is 2.84. The van der Waals surface area contributed by atoms with Crippen LogP contribution >= 0.6 is 0 Å². The third kappa shape index (κ3) is 6.86. The molecule has 1 aliphatic rings. The molecule has 0 aromatic heterocycles. The number of carbonyl (C=O) groups excluding carboxylic acids is 2. The summed E-state index contributed by atoms with van der Waals surface area (Å²) in [6.07, 6.45) is 0. The van der Waals surface area contributed by atoms with Crippen LogP contribution in [-0.4, -0.2) is 43.1 Å². The van der Waals surface area contributed by atoms with Crippen LogP contribution in [-0.2, 0) is 16.2 Å². The van der Waals surface area contributed by atoms with Gasteiger partial charge in [0.15, 0.2) is 0 Å². The number of hydrogen-bond acceptors (Lipinski definition) is 6. The van der Waals surface area contributed by atoms with Gasteiger partial charge in [0.2, 0.25) is 0 Å². The lowest BCUT2D eigenvalue weighted by Crippen LogP contribution is -2.48. The van der Waals surface area contributed by atoms with Gasteiger partial charge in [-0.05, 0) is 62.7 Å². The predicted molar refractivity (Wildman–Crippen MR) is 141 cm³/mol. The van der Waals surface area contributed by atoms with Crippen LogP contribution in [0.2, 0.25) is 0 Å². The molecule has 1 N–H and O–H groups in total. The molecule has 0 unspecified atom stereocenters. The van der Waals surface area contributed by atoms with Crippen LogP contribution in [0.4, 0.5) is 11.4 Å². The minimum absolute atomic E-state index is 0.180. The molecule has 1 heterocycles. The first-order valence-electron chi connectivity index (χ1n) is 12.2. The monoisotopic (exact) mass is 487 g/mol. The zero-order valence-electron chi connectivity index (χ0n) is 21.1. The molecule has 36 heavy (non-hydrogen) atoms. The molecule has 1 amide bonds. The van der Waals surface area contributed by atoms with Gasteiger partial charge in [-0.15, -0.1) is 5.06 Å². The lowest BCUT2D eigenvalue weighted by Gasteiger charge is -2.35. The number of nitrogens with one attached hydrogen (secondary N) is 1. The summed E-state index contributed by atoms with van der Waals surface area (Å²) >= 11 is 0. The first-order chi connectivity index (χ1) is 17.3. The summed E-state index contributed by atoms with van der Waals surface area (Å²) in [6.45, 7) is 8.74. The summed E-state index contributed by atoms with van der Waals surface area (Å²) in [5, 5.41) is 4.67. The van der Waals surface area contributed by atoms with Gasteiger partial charge in [0, 0.05) is 36.1 Å². The zero-order chi connectivity index (χ0) is 25.5. The van der Waals surface area contributed by atoms with Crippen molar-refractivity contribution >= 4 is 23.3 Å². The predicted octanol–water partition coefficient (Wildman–Crippen LogP) is 5.14. The Morgan fingerprint density at radius 1 is 0.861 bits per heavy atom. The van der Waals surface area contributed by atoms with E-state index in [2.05, 4.69) is 10.2 Å². The summed E-state index contributed by atoms with van der Waals surface area (Å²) in [7, 11) is 0. The van der Waals surface area contributed by atoms with E-state index in [1.807, 2.05) is 99.6 Å². The third-order valence-electron chi connectivity index (χ3n) is 5.90. The summed E-state index contributed by atoms with van der Waals surface area (Å²) in [6, 6.07) is 24.9. The molecule has 7 nitrogen and oxygen atoms in total. The first-order valence-corrected chi connectivity index (χ1v) is 12.2. The molecule has 7 heteroatoms. The Morgan fingerprint density at radius 3 is 2.22 bits per heavy atom. The first kappa shape index (κ1) is 25.3. The van der Waals surface area contributed by atoms with Gasteiger partial charge in [-0.25, -0.2) is 4.79 Å². The normalized spacial score (nSPS) is 14.2. The van der Waals surface area contributed by atoms with Gasteiger partial charge in [0.1, 0.15) is 12.4 Å². The van der Waals surface area contributed by atoms with E-state index >= 15 is 0 Å². The van der Waals surface area contributed by atoms with Gasteiger partial charge in [-0.2, -0.15) is 0 Å². The van der Waals surface area contributed by atoms with Crippen LogP contribution in [0.1, 0.15) is 36.7 Å². The smallest absolute Gasteiger partial charge is 0.330 e. The van der Waals surface area contributed by atoms with Crippen molar-refractivity contribution in [2.45, 2.75) is 27.4 Å². The minimum Gasteiger partial charge on any atom is -0.489 e. The summed E-state index contributed by atoms with van der Waals surface area (Å²) in [5.74, 6) is 0.291. The van der Waals surface area contributed by atoms with E-state index < -0.39 is 5.41 Å². The van der Waals surface area contributed by atoms with E-state index in [0.29, 0.717) is 36.7 Å². The molecular weight excluding hydrogens is 454 g/mol. The Hall–Kier alpha value is -3.84. The van der Waals surface area contributed by atoms with Crippen LogP contribution in [0.3, 0.4) is 0 Å². The van der Waals surface area contributed by atoms with Crippen LogP contribution in [0.5, 0.6) is 5.75 Å².